The number of rotatable bonds is 7. The third-order valence-corrected chi connectivity index (χ3v) is 3.46. The molecule has 0 spiro atoms. The number of hydrogen-bond acceptors (Lipinski definition) is 5. The quantitative estimate of drug-likeness (QED) is 0.749. The van der Waals surface area contributed by atoms with Gasteiger partial charge in [-0.15, -0.1) is 5.10 Å². The highest BCUT2D eigenvalue weighted by molar-refractivity contribution is 9.10. The number of benzene rings is 1. The third-order valence-electron chi connectivity index (χ3n) is 2.77. The van der Waals surface area contributed by atoms with Gasteiger partial charge < -0.3 is 10.6 Å². The molecule has 0 saturated carbocycles. The summed E-state index contributed by atoms with van der Waals surface area (Å²) in [4.78, 5) is 4.39. The first-order valence-electron chi connectivity index (χ1n) is 6.74. The minimum absolute atomic E-state index is 0.484. The second kappa shape index (κ2) is 7.79. The second-order valence-corrected chi connectivity index (χ2v) is 5.26. The average Bonchev–Trinajstić information content (AvgIpc) is 2.47. The number of aromatic nitrogens is 3. The summed E-state index contributed by atoms with van der Waals surface area (Å²) < 4.78 is 0.963. The van der Waals surface area contributed by atoms with Crippen molar-refractivity contribution in [2.45, 2.75) is 26.2 Å². The molecular weight excluding hydrogens is 318 g/mol. The normalized spacial score (nSPS) is 10.3. The van der Waals surface area contributed by atoms with Crippen LogP contribution in [0.3, 0.4) is 0 Å². The molecular formula is C14H18BrN5. The van der Waals surface area contributed by atoms with Gasteiger partial charge in [0.2, 0.25) is 5.95 Å². The lowest BCUT2D eigenvalue weighted by Gasteiger charge is -2.08. The number of anilines is 3. The number of nitrogens with one attached hydrogen (secondary N) is 2. The first-order valence-corrected chi connectivity index (χ1v) is 7.54. The van der Waals surface area contributed by atoms with Crippen molar-refractivity contribution >= 4 is 33.4 Å². The van der Waals surface area contributed by atoms with Gasteiger partial charge in [-0.05, 0) is 34.5 Å². The number of nitrogens with zero attached hydrogens (tertiary/aromatic N) is 3. The molecule has 0 saturated heterocycles. The molecule has 20 heavy (non-hydrogen) atoms. The van der Waals surface area contributed by atoms with E-state index in [9.17, 15) is 0 Å². The van der Waals surface area contributed by atoms with E-state index in [0.717, 1.165) is 28.9 Å². The lowest BCUT2D eigenvalue weighted by atomic mass is 10.2. The maximum atomic E-state index is 4.39. The van der Waals surface area contributed by atoms with Crippen LogP contribution in [-0.4, -0.2) is 21.7 Å². The lowest BCUT2D eigenvalue weighted by Crippen LogP contribution is -2.06. The van der Waals surface area contributed by atoms with Gasteiger partial charge in [-0.1, -0.05) is 31.9 Å². The Morgan fingerprint density at radius 3 is 2.85 bits per heavy atom. The summed E-state index contributed by atoms with van der Waals surface area (Å²) in [6.07, 6.45) is 5.19. The highest BCUT2D eigenvalue weighted by Gasteiger charge is 2.03. The summed E-state index contributed by atoms with van der Waals surface area (Å²) in [5.41, 5.74) is 0.914. The van der Waals surface area contributed by atoms with Crippen molar-refractivity contribution in [3.05, 3.63) is 34.9 Å². The summed E-state index contributed by atoms with van der Waals surface area (Å²) in [5, 5.41) is 14.3. The fourth-order valence-electron chi connectivity index (χ4n) is 1.72. The standard InChI is InChI=1S/C14H18BrN5/c1-2-3-6-9-16-13-10-17-20-14(19-13)18-12-8-5-4-7-11(12)15/h4-5,7-8,10H,2-3,6,9H2,1H3,(H2,16,18,19,20). The second-order valence-electron chi connectivity index (χ2n) is 4.40. The summed E-state index contributed by atoms with van der Waals surface area (Å²) in [6, 6.07) is 7.82. The van der Waals surface area contributed by atoms with E-state index < -0.39 is 0 Å². The molecule has 1 heterocycles. The van der Waals surface area contributed by atoms with Gasteiger partial charge in [0.25, 0.3) is 0 Å². The van der Waals surface area contributed by atoms with Crippen LogP contribution in [0.4, 0.5) is 17.5 Å². The summed E-state index contributed by atoms with van der Waals surface area (Å²) >= 11 is 3.48. The van der Waals surface area contributed by atoms with Crippen LogP contribution >= 0.6 is 15.9 Å². The maximum Gasteiger partial charge on any atom is 0.249 e. The van der Waals surface area contributed by atoms with Crippen LogP contribution in [0.25, 0.3) is 0 Å². The molecule has 0 aliphatic carbocycles. The van der Waals surface area contributed by atoms with E-state index in [0.29, 0.717) is 5.95 Å². The van der Waals surface area contributed by atoms with Gasteiger partial charge in [-0.2, -0.15) is 10.1 Å². The lowest BCUT2D eigenvalue weighted by molar-refractivity contribution is 0.741. The minimum atomic E-state index is 0.484. The van der Waals surface area contributed by atoms with E-state index in [1.165, 1.54) is 12.8 Å². The zero-order valence-corrected chi connectivity index (χ0v) is 13.0. The highest BCUT2D eigenvalue weighted by atomic mass is 79.9. The Balaban J connectivity index is 1.97. The summed E-state index contributed by atoms with van der Waals surface area (Å²) in [7, 11) is 0. The van der Waals surface area contributed by atoms with Crippen molar-refractivity contribution in [2.24, 2.45) is 0 Å². The Morgan fingerprint density at radius 2 is 2.05 bits per heavy atom. The molecule has 106 valence electrons. The number of halogens is 1. The van der Waals surface area contributed by atoms with Gasteiger partial charge >= 0.3 is 0 Å². The number of unbranched alkanes of at least 4 members (excludes halogenated alkanes) is 2. The smallest absolute Gasteiger partial charge is 0.249 e. The molecule has 0 unspecified atom stereocenters. The molecule has 0 aliphatic heterocycles. The predicted octanol–water partition coefficient (Wildman–Crippen LogP) is 3.98. The van der Waals surface area contributed by atoms with Crippen molar-refractivity contribution < 1.29 is 0 Å². The largest absolute Gasteiger partial charge is 0.369 e. The maximum absolute atomic E-state index is 4.39. The molecule has 0 bridgehead atoms. The molecule has 5 nitrogen and oxygen atoms in total. The number of para-hydroxylation sites is 1. The predicted molar refractivity (Wildman–Crippen MR) is 85.3 cm³/mol. The molecule has 0 radical (unpaired) electrons. The fraction of sp³-hybridized carbons (Fsp3) is 0.357. The van der Waals surface area contributed by atoms with E-state index in [2.05, 4.69) is 48.7 Å². The van der Waals surface area contributed by atoms with Crippen LogP contribution in [0.15, 0.2) is 34.9 Å². The monoisotopic (exact) mass is 335 g/mol. The van der Waals surface area contributed by atoms with E-state index >= 15 is 0 Å². The van der Waals surface area contributed by atoms with Crippen molar-refractivity contribution in [1.82, 2.24) is 15.2 Å². The summed E-state index contributed by atoms with van der Waals surface area (Å²) in [5.74, 6) is 1.23. The Morgan fingerprint density at radius 1 is 1.20 bits per heavy atom. The van der Waals surface area contributed by atoms with E-state index in [4.69, 9.17) is 0 Å². The van der Waals surface area contributed by atoms with Crippen LogP contribution in [0.2, 0.25) is 0 Å². The van der Waals surface area contributed by atoms with Gasteiger partial charge in [-0.25, -0.2) is 0 Å². The van der Waals surface area contributed by atoms with Crippen LogP contribution in [0.5, 0.6) is 0 Å². The van der Waals surface area contributed by atoms with Crippen LogP contribution in [0, 0.1) is 0 Å². The molecule has 2 N–H and O–H groups in total. The Hall–Kier alpha value is -1.69. The van der Waals surface area contributed by atoms with Gasteiger partial charge in [-0.3, -0.25) is 0 Å². The first kappa shape index (κ1) is 14.7. The molecule has 0 amide bonds. The van der Waals surface area contributed by atoms with Crippen LogP contribution < -0.4 is 10.6 Å². The van der Waals surface area contributed by atoms with E-state index in [-0.39, 0.29) is 0 Å². The van der Waals surface area contributed by atoms with Crippen LogP contribution in [0.1, 0.15) is 26.2 Å². The fourth-order valence-corrected chi connectivity index (χ4v) is 2.10. The zero-order valence-electron chi connectivity index (χ0n) is 11.4. The molecule has 0 fully saturated rings. The van der Waals surface area contributed by atoms with Gasteiger partial charge in [0, 0.05) is 11.0 Å². The molecule has 0 aliphatic rings. The summed E-state index contributed by atoms with van der Waals surface area (Å²) in [6.45, 7) is 3.09. The van der Waals surface area contributed by atoms with Crippen LogP contribution in [-0.2, 0) is 0 Å². The Bertz CT molecular complexity index is 547. The number of hydrogen-bond donors (Lipinski definition) is 2. The Kier molecular flexibility index (Phi) is 5.73. The van der Waals surface area contributed by atoms with Crippen molar-refractivity contribution in [3.63, 3.8) is 0 Å². The molecule has 6 heteroatoms. The topological polar surface area (TPSA) is 62.7 Å². The SMILES string of the molecule is CCCCCNc1cnnc(Nc2ccccc2Br)n1. The van der Waals surface area contributed by atoms with Gasteiger partial charge in [0.05, 0.1) is 11.9 Å². The van der Waals surface area contributed by atoms with Crippen molar-refractivity contribution in [3.8, 4) is 0 Å². The molecule has 1 aromatic carbocycles. The van der Waals surface area contributed by atoms with Crippen molar-refractivity contribution in [1.29, 1.82) is 0 Å². The minimum Gasteiger partial charge on any atom is -0.369 e. The van der Waals surface area contributed by atoms with E-state index in [1.54, 1.807) is 6.20 Å². The zero-order chi connectivity index (χ0) is 14.2. The Labute approximate surface area is 127 Å². The van der Waals surface area contributed by atoms with Gasteiger partial charge in [0.15, 0.2) is 5.82 Å². The molecule has 0 atom stereocenters. The molecule has 1 aromatic heterocycles. The average molecular weight is 336 g/mol. The first-order chi connectivity index (χ1) is 9.79. The highest BCUT2D eigenvalue weighted by Crippen LogP contribution is 2.23. The molecule has 2 aromatic rings. The third kappa shape index (κ3) is 4.45. The molecule has 2 rings (SSSR count). The van der Waals surface area contributed by atoms with Gasteiger partial charge in [0.1, 0.15) is 0 Å². The van der Waals surface area contributed by atoms with E-state index in [1.807, 2.05) is 24.3 Å². The van der Waals surface area contributed by atoms with Crippen molar-refractivity contribution in [2.75, 3.05) is 17.2 Å².